The molecule has 1 unspecified atom stereocenters. The van der Waals surface area contributed by atoms with E-state index in [-0.39, 0.29) is 18.4 Å². The molecule has 1 aliphatic rings. The van der Waals surface area contributed by atoms with Crippen LogP contribution in [0.5, 0.6) is 0 Å². The maximum absolute atomic E-state index is 11.9. The molecule has 0 bridgehead atoms. The highest BCUT2D eigenvalue weighted by Gasteiger charge is 2.18. The van der Waals surface area contributed by atoms with Crippen LogP contribution in [0.1, 0.15) is 17.3 Å². The van der Waals surface area contributed by atoms with E-state index in [2.05, 4.69) is 10.6 Å². The average molecular weight is 294 g/mol. The molecule has 0 saturated carbocycles. The lowest BCUT2D eigenvalue weighted by Gasteiger charge is -2.17. The number of aliphatic carboxylic acids is 1. The van der Waals surface area contributed by atoms with Gasteiger partial charge < -0.3 is 15.7 Å². The van der Waals surface area contributed by atoms with Gasteiger partial charge in [0.2, 0.25) is 5.91 Å². The van der Waals surface area contributed by atoms with Crippen molar-refractivity contribution in [1.29, 1.82) is 0 Å². The zero-order valence-electron chi connectivity index (χ0n) is 10.8. The van der Waals surface area contributed by atoms with Crippen molar-refractivity contribution >= 4 is 35.2 Å². The van der Waals surface area contributed by atoms with Gasteiger partial charge in [0.05, 0.1) is 17.4 Å². The summed E-state index contributed by atoms with van der Waals surface area (Å²) in [5.74, 6) is -1.69. The Balaban J connectivity index is 2.05. The third-order valence-electron chi connectivity index (χ3n) is 2.86. The van der Waals surface area contributed by atoms with Crippen molar-refractivity contribution in [3.05, 3.63) is 23.8 Å². The second-order valence-electron chi connectivity index (χ2n) is 4.50. The third-order valence-corrected chi connectivity index (χ3v) is 3.94. The number of hydrogen-bond acceptors (Lipinski definition) is 4. The van der Waals surface area contributed by atoms with E-state index in [0.717, 1.165) is 4.90 Å². The summed E-state index contributed by atoms with van der Waals surface area (Å²) in [6.45, 7) is 1.58. The van der Waals surface area contributed by atoms with E-state index in [0.29, 0.717) is 17.0 Å². The minimum absolute atomic E-state index is 0.0619. The molecule has 2 amide bonds. The molecule has 1 aliphatic heterocycles. The van der Waals surface area contributed by atoms with E-state index in [4.69, 9.17) is 5.11 Å². The highest BCUT2D eigenvalue weighted by molar-refractivity contribution is 8.00. The van der Waals surface area contributed by atoms with Crippen LogP contribution in [-0.2, 0) is 9.59 Å². The van der Waals surface area contributed by atoms with Crippen LogP contribution in [0, 0.1) is 5.92 Å². The normalized spacial score (nSPS) is 14.9. The molecule has 0 aromatic heterocycles. The second-order valence-corrected chi connectivity index (χ2v) is 5.51. The fourth-order valence-electron chi connectivity index (χ4n) is 1.66. The third kappa shape index (κ3) is 3.30. The Morgan fingerprint density at radius 3 is 2.95 bits per heavy atom. The summed E-state index contributed by atoms with van der Waals surface area (Å²) in [5, 5.41) is 14.0. The van der Waals surface area contributed by atoms with Gasteiger partial charge in [-0.05, 0) is 18.2 Å². The van der Waals surface area contributed by atoms with Crippen LogP contribution in [0.3, 0.4) is 0 Å². The molecule has 20 heavy (non-hydrogen) atoms. The van der Waals surface area contributed by atoms with Crippen LogP contribution in [-0.4, -0.2) is 35.2 Å². The molecule has 0 saturated heterocycles. The van der Waals surface area contributed by atoms with E-state index >= 15 is 0 Å². The minimum Gasteiger partial charge on any atom is -0.481 e. The summed E-state index contributed by atoms with van der Waals surface area (Å²) in [6, 6.07) is 5.03. The Hall–Kier alpha value is -2.02. The van der Waals surface area contributed by atoms with Crippen molar-refractivity contribution in [2.45, 2.75) is 11.8 Å². The SMILES string of the molecule is CC(CNC(=O)c1ccc2c(c1)NC(=O)CS2)C(=O)O. The highest BCUT2D eigenvalue weighted by atomic mass is 32.2. The standard InChI is InChI=1S/C13H14N2O4S/c1-7(13(18)19)5-14-12(17)8-2-3-10-9(4-8)15-11(16)6-20-10/h2-4,7H,5-6H2,1H3,(H,14,17)(H,15,16)(H,18,19). The topological polar surface area (TPSA) is 95.5 Å². The van der Waals surface area contributed by atoms with Crippen molar-refractivity contribution in [2.24, 2.45) is 5.92 Å². The first kappa shape index (κ1) is 14.4. The molecule has 1 aromatic carbocycles. The minimum atomic E-state index is -0.959. The molecule has 106 valence electrons. The van der Waals surface area contributed by atoms with Crippen LogP contribution >= 0.6 is 11.8 Å². The largest absolute Gasteiger partial charge is 0.481 e. The van der Waals surface area contributed by atoms with Gasteiger partial charge in [0.25, 0.3) is 5.91 Å². The lowest BCUT2D eigenvalue weighted by atomic mass is 10.1. The van der Waals surface area contributed by atoms with Gasteiger partial charge in [-0.25, -0.2) is 0 Å². The molecule has 1 heterocycles. The van der Waals surface area contributed by atoms with Crippen LogP contribution in [0.4, 0.5) is 5.69 Å². The van der Waals surface area contributed by atoms with Crippen LogP contribution < -0.4 is 10.6 Å². The van der Waals surface area contributed by atoms with E-state index in [1.807, 2.05) is 0 Å². The molecule has 0 aliphatic carbocycles. The molecule has 1 aromatic rings. The molecule has 7 heteroatoms. The molecule has 0 radical (unpaired) electrons. The second kappa shape index (κ2) is 5.96. The predicted octanol–water partition coefficient (Wildman–Crippen LogP) is 1.18. The van der Waals surface area contributed by atoms with Gasteiger partial charge in [-0.3, -0.25) is 14.4 Å². The van der Waals surface area contributed by atoms with Gasteiger partial charge in [0.1, 0.15) is 0 Å². The van der Waals surface area contributed by atoms with E-state index < -0.39 is 11.9 Å². The first-order chi connectivity index (χ1) is 9.47. The van der Waals surface area contributed by atoms with Crippen molar-refractivity contribution in [2.75, 3.05) is 17.6 Å². The van der Waals surface area contributed by atoms with Crippen LogP contribution in [0.25, 0.3) is 0 Å². The number of anilines is 1. The number of hydrogen-bond donors (Lipinski definition) is 3. The van der Waals surface area contributed by atoms with Gasteiger partial charge >= 0.3 is 5.97 Å². The molecular weight excluding hydrogens is 280 g/mol. The van der Waals surface area contributed by atoms with Crippen LogP contribution in [0.15, 0.2) is 23.1 Å². The Kier molecular flexibility index (Phi) is 4.29. The average Bonchev–Trinajstić information content (AvgIpc) is 2.43. The van der Waals surface area contributed by atoms with Crippen molar-refractivity contribution < 1.29 is 19.5 Å². The highest BCUT2D eigenvalue weighted by Crippen LogP contribution is 2.31. The summed E-state index contributed by atoms with van der Waals surface area (Å²) in [6.07, 6.45) is 0. The molecule has 6 nitrogen and oxygen atoms in total. The summed E-state index contributed by atoms with van der Waals surface area (Å²) in [7, 11) is 0. The van der Waals surface area contributed by atoms with E-state index in [9.17, 15) is 14.4 Å². The number of rotatable bonds is 4. The van der Waals surface area contributed by atoms with Gasteiger partial charge in [-0.1, -0.05) is 6.92 Å². The fourth-order valence-corrected chi connectivity index (χ4v) is 2.45. The van der Waals surface area contributed by atoms with Gasteiger partial charge in [-0.15, -0.1) is 11.8 Å². The van der Waals surface area contributed by atoms with Gasteiger partial charge in [0.15, 0.2) is 0 Å². The number of amides is 2. The molecular formula is C13H14N2O4S. The Morgan fingerprint density at radius 1 is 1.50 bits per heavy atom. The smallest absolute Gasteiger partial charge is 0.308 e. The first-order valence-corrected chi connectivity index (χ1v) is 7.03. The summed E-state index contributed by atoms with van der Waals surface area (Å²) < 4.78 is 0. The van der Waals surface area contributed by atoms with E-state index in [1.54, 1.807) is 18.2 Å². The Labute approximate surface area is 119 Å². The number of benzene rings is 1. The maximum atomic E-state index is 11.9. The summed E-state index contributed by atoms with van der Waals surface area (Å²) in [5.41, 5.74) is 1.01. The summed E-state index contributed by atoms with van der Waals surface area (Å²) >= 11 is 1.42. The molecule has 0 spiro atoms. The number of thioether (sulfide) groups is 1. The van der Waals surface area contributed by atoms with E-state index in [1.165, 1.54) is 18.7 Å². The van der Waals surface area contributed by atoms with Crippen molar-refractivity contribution in [3.8, 4) is 0 Å². The fraction of sp³-hybridized carbons (Fsp3) is 0.308. The zero-order valence-corrected chi connectivity index (χ0v) is 11.6. The van der Waals surface area contributed by atoms with Gasteiger partial charge in [-0.2, -0.15) is 0 Å². The maximum Gasteiger partial charge on any atom is 0.308 e. The number of carbonyl (C=O) groups excluding carboxylic acids is 2. The Bertz CT molecular complexity index is 573. The predicted molar refractivity (Wildman–Crippen MR) is 74.9 cm³/mol. The Morgan fingerprint density at radius 2 is 2.25 bits per heavy atom. The quantitative estimate of drug-likeness (QED) is 0.775. The number of carboxylic acid groups (broad SMARTS) is 1. The number of carbonyl (C=O) groups is 3. The lowest BCUT2D eigenvalue weighted by Crippen LogP contribution is -2.31. The number of fused-ring (bicyclic) bond motifs is 1. The zero-order chi connectivity index (χ0) is 14.7. The molecule has 3 N–H and O–H groups in total. The summed E-state index contributed by atoms with van der Waals surface area (Å²) in [4.78, 5) is 34.8. The molecule has 2 rings (SSSR count). The number of carboxylic acids is 1. The van der Waals surface area contributed by atoms with Crippen molar-refractivity contribution in [3.63, 3.8) is 0 Å². The lowest BCUT2D eigenvalue weighted by molar-refractivity contribution is -0.140. The molecule has 0 fully saturated rings. The first-order valence-electron chi connectivity index (χ1n) is 6.05. The van der Waals surface area contributed by atoms with Crippen molar-refractivity contribution in [1.82, 2.24) is 5.32 Å². The monoisotopic (exact) mass is 294 g/mol. The number of nitrogens with one attached hydrogen (secondary N) is 2. The molecule has 1 atom stereocenters. The van der Waals surface area contributed by atoms with Gasteiger partial charge in [0, 0.05) is 17.0 Å². The van der Waals surface area contributed by atoms with Crippen LogP contribution in [0.2, 0.25) is 0 Å².